The van der Waals surface area contributed by atoms with E-state index in [1.807, 2.05) is 38.4 Å². The average Bonchev–Trinajstić information content (AvgIpc) is 3.28. The van der Waals surface area contributed by atoms with Crippen LogP contribution in [0.5, 0.6) is 5.75 Å². The average molecular weight is 429 g/mol. The van der Waals surface area contributed by atoms with Gasteiger partial charge >= 0.3 is 0 Å². The van der Waals surface area contributed by atoms with E-state index in [4.69, 9.17) is 22.1 Å². The smallest absolute Gasteiger partial charge is 0.220 e. The Hall–Kier alpha value is -2.87. The topological polar surface area (TPSA) is 108 Å². The quantitative estimate of drug-likeness (QED) is 0.645. The molecule has 158 valence electrons. The van der Waals surface area contributed by atoms with Crippen LogP contribution in [0.15, 0.2) is 12.4 Å². The lowest BCUT2D eigenvalue weighted by atomic mass is 9.89. The van der Waals surface area contributed by atoms with E-state index in [9.17, 15) is 4.79 Å². The third-order valence-corrected chi connectivity index (χ3v) is 6.13. The molecule has 1 fully saturated rings. The number of carbonyl (C=O) groups excluding carboxylic acids is 1. The summed E-state index contributed by atoms with van der Waals surface area (Å²) < 4.78 is 7.97. The number of nitrogens with one attached hydrogen (secondary N) is 1. The normalized spacial score (nSPS) is 17.4. The molecule has 4 rings (SSSR count). The Kier molecular flexibility index (Phi) is 5.27. The molecule has 0 saturated carbocycles. The molecule has 1 aliphatic heterocycles. The number of hydrogen-bond donors (Lipinski definition) is 2. The van der Waals surface area contributed by atoms with E-state index < -0.39 is 0 Å². The molecule has 30 heavy (non-hydrogen) atoms. The fourth-order valence-electron chi connectivity index (χ4n) is 4.25. The van der Waals surface area contributed by atoms with Gasteiger partial charge in [0, 0.05) is 35.0 Å². The molecular formula is C21H25ClN6O2. The van der Waals surface area contributed by atoms with Gasteiger partial charge in [0.2, 0.25) is 5.91 Å². The second-order valence-electron chi connectivity index (χ2n) is 7.62. The predicted molar refractivity (Wildman–Crippen MR) is 116 cm³/mol. The first-order valence-electron chi connectivity index (χ1n) is 10.0. The molecule has 3 heterocycles. The van der Waals surface area contributed by atoms with Crippen LogP contribution >= 0.6 is 11.6 Å². The molecule has 0 aliphatic carbocycles. The van der Waals surface area contributed by atoms with Crippen molar-refractivity contribution in [3.63, 3.8) is 0 Å². The Morgan fingerprint density at radius 2 is 2.17 bits per heavy atom. The summed E-state index contributed by atoms with van der Waals surface area (Å²) >= 11 is 6.65. The van der Waals surface area contributed by atoms with Crippen LogP contribution in [0.25, 0.3) is 11.0 Å². The minimum atomic E-state index is -0.223. The van der Waals surface area contributed by atoms with Crippen molar-refractivity contribution in [2.75, 3.05) is 18.9 Å². The van der Waals surface area contributed by atoms with E-state index >= 15 is 0 Å². The number of nitrogens with zero attached hydrogens (tertiary/aromatic N) is 4. The van der Waals surface area contributed by atoms with E-state index in [0.717, 1.165) is 33.5 Å². The molecular weight excluding hydrogens is 404 g/mol. The Bertz CT molecular complexity index is 1140. The number of anilines is 1. The van der Waals surface area contributed by atoms with Gasteiger partial charge in [-0.25, -0.2) is 14.6 Å². The third kappa shape index (κ3) is 3.25. The maximum absolute atomic E-state index is 11.9. The molecule has 1 saturated heterocycles. The minimum Gasteiger partial charge on any atom is -0.493 e. The molecule has 9 heteroatoms. The molecule has 8 nitrogen and oxygen atoms in total. The first-order chi connectivity index (χ1) is 14.3. The van der Waals surface area contributed by atoms with E-state index in [1.54, 1.807) is 0 Å². The summed E-state index contributed by atoms with van der Waals surface area (Å²) in [5.41, 5.74) is 10.3. The molecule has 0 radical (unpaired) electrons. The van der Waals surface area contributed by atoms with Gasteiger partial charge in [-0.1, -0.05) is 11.6 Å². The van der Waals surface area contributed by atoms with Crippen molar-refractivity contribution >= 4 is 34.4 Å². The summed E-state index contributed by atoms with van der Waals surface area (Å²) in [5.74, 6) is 1.21. The highest BCUT2D eigenvalue weighted by atomic mass is 35.5. The molecule has 2 atom stereocenters. The van der Waals surface area contributed by atoms with Crippen molar-refractivity contribution in [1.29, 1.82) is 0 Å². The number of rotatable bonds is 5. The molecule has 1 amide bonds. The van der Waals surface area contributed by atoms with Crippen LogP contribution in [0.2, 0.25) is 5.02 Å². The molecule has 0 bridgehead atoms. The van der Waals surface area contributed by atoms with Crippen molar-refractivity contribution in [2.24, 2.45) is 0 Å². The lowest BCUT2D eigenvalue weighted by Crippen LogP contribution is -2.16. The Balaban J connectivity index is 1.91. The van der Waals surface area contributed by atoms with Crippen molar-refractivity contribution in [3.05, 3.63) is 39.8 Å². The zero-order valence-electron chi connectivity index (χ0n) is 17.5. The van der Waals surface area contributed by atoms with Gasteiger partial charge < -0.3 is 15.8 Å². The summed E-state index contributed by atoms with van der Waals surface area (Å²) in [6, 6.07) is 1.70. The first kappa shape index (κ1) is 20.4. The molecule has 0 spiro atoms. The predicted octanol–water partition coefficient (Wildman–Crippen LogP) is 3.29. The van der Waals surface area contributed by atoms with Gasteiger partial charge in [0.05, 0.1) is 23.7 Å². The van der Waals surface area contributed by atoms with E-state index in [1.165, 1.54) is 6.33 Å². The highest BCUT2D eigenvalue weighted by Crippen LogP contribution is 2.43. The molecule has 1 aromatic carbocycles. The third-order valence-electron chi connectivity index (χ3n) is 5.74. The standard InChI is InChI=1S/C21H25ClN6O2/c1-5-30-19-14(7-15(22)10(2)17(19)13-6-16(29)24-8-13)12(4)28-21-18(11(3)27-28)20(23)25-9-26-21/h7,9,12-13H,5-6,8H2,1-4H3,(H,24,29)(H2,23,25,26)/t12-,13-/m1/s1. The first-order valence-corrected chi connectivity index (χ1v) is 10.4. The zero-order chi connectivity index (χ0) is 21.6. The molecule has 2 aromatic heterocycles. The number of aromatic nitrogens is 4. The number of nitrogen functional groups attached to an aromatic ring is 1. The summed E-state index contributed by atoms with van der Waals surface area (Å²) in [4.78, 5) is 20.4. The van der Waals surface area contributed by atoms with Gasteiger partial charge in [0.25, 0.3) is 0 Å². The fraction of sp³-hybridized carbons (Fsp3) is 0.429. The molecule has 3 aromatic rings. The van der Waals surface area contributed by atoms with Gasteiger partial charge in [0.15, 0.2) is 5.65 Å². The Morgan fingerprint density at radius 1 is 1.40 bits per heavy atom. The van der Waals surface area contributed by atoms with Crippen LogP contribution in [-0.2, 0) is 4.79 Å². The maximum atomic E-state index is 11.9. The summed E-state index contributed by atoms with van der Waals surface area (Å²) in [7, 11) is 0. The van der Waals surface area contributed by atoms with Crippen LogP contribution in [0.3, 0.4) is 0 Å². The monoisotopic (exact) mass is 428 g/mol. The summed E-state index contributed by atoms with van der Waals surface area (Å²) in [5, 5.41) is 8.98. The minimum absolute atomic E-state index is 0.0118. The SMILES string of the molecule is CCOc1c([C@@H](C)n2nc(C)c3c(N)ncnc32)cc(Cl)c(C)c1[C@H]1CNC(=O)C1. The lowest BCUT2D eigenvalue weighted by molar-refractivity contribution is -0.119. The number of fused-ring (bicyclic) bond motifs is 1. The highest BCUT2D eigenvalue weighted by Gasteiger charge is 2.31. The number of hydrogen-bond acceptors (Lipinski definition) is 6. The van der Waals surface area contributed by atoms with Crippen molar-refractivity contribution in [3.8, 4) is 5.75 Å². The van der Waals surface area contributed by atoms with E-state index in [-0.39, 0.29) is 17.9 Å². The zero-order valence-corrected chi connectivity index (χ0v) is 18.2. The number of ether oxygens (including phenoxy) is 1. The van der Waals surface area contributed by atoms with Gasteiger partial charge in [-0.2, -0.15) is 5.10 Å². The van der Waals surface area contributed by atoms with Gasteiger partial charge in [-0.05, 0) is 39.3 Å². The van der Waals surface area contributed by atoms with Crippen LogP contribution in [0.1, 0.15) is 54.6 Å². The van der Waals surface area contributed by atoms with Gasteiger partial charge in [-0.15, -0.1) is 0 Å². The van der Waals surface area contributed by atoms with Crippen molar-refractivity contribution in [1.82, 2.24) is 25.1 Å². The van der Waals surface area contributed by atoms with Gasteiger partial charge in [0.1, 0.15) is 17.9 Å². The number of halogens is 1. The summed E-state index contributed by atoms with van der Waals surface area (Å²) in [6.45, 7) is 8.89. The number of amides is 1. The Morgan fingerprint density at radius 3 is 2.83 bits per heavy atom. The van der Waals surface area contributed by atoms with Crippen molar-refractivity contribution in [2.45, 2.75) is 46.1 Å². The maximum Gasteiger partial charge on any atom is 0.220 e. The Labute approximate surface area is 179 Å². The van der Waals surface area contributed by atoms with Crippen molar-refractivity contribution < 1.29 is 9.53 Å². The fourth-order valence-corrected chi connectivity index (χ4v) is 4.47. The lowest BCUT2D eigenvalue weighted by Gasteiger charge is -2.25. The number of aryl methyl sites for hydroxylation is 1. The van der Waals surface area contributed by atoms with Crippen LogP contribution in [0, 0.1) is 13.8 Å². The molecule has 0 unspecified atom stereocenters. The molecule has 1 aliphatic rings. The molecule has 3 N–H and O–H groups in total. The number of nitrogens with two attached hydrogens (primary N) is 1. The second kappa shape index (κ2) is 7.75. The van der Waals surface area contributed by atoms with Crippen LogP contribution < -0.4 is 15.8 Å². The largest absolute Gasteiger partial charge is 0.493 e. The second-order valence-corrected chi connectivity index (χ2v) is 8.02. The van der Waals surface area contributed by atoms with Gasteiger partial charge in [-0.3, -0.25) is 4.79 Å². The highest BCUT2D eigenvalue weighted by molar-refractivity contribution is 6.31. The van der Waals surface area contributed by atoms with E-state index in [0.29, 0.717) is 36.1 Å². The number of benzene rings is 1. The number of carbonyl (C=O) groups is 1. The summed E-state index contributed by atoms with van der Waals surface area (Å²) in [6.07, 6.45) is 1.86. The van der Waals surface area contributed by atoms with E-state index in [2.05, 4.69) is 20.4 Å². The van der Waals surface area contributed by atoms with Crippen LogP contribution in [0.4, 0.5) is 5.82 Å². The van der Waals surface area contributed by atoms with Crippen LogP contribution in [-0.4, -0.2) is 38.8 Å².